The number of nitrogens with zero attached hydrogens (tertiary/aromatic N) is 5. The molecule has 29 heavy (non-hydrogen) atoms. The smallest absolute Gasteiger partial charge is 0.410 e. The Morgan fingerprint density at radius 2 is 1.86 bits per heavy atom. The molecule has 2 bridgehead atoms. The molecule has 1 aromatic carbocycles. The highest BCUT2D eigenvalue weighted by molar-refractivity contribution is 5.71. The van der Waals surface area contributed by atoms with E-state index >= 15 is 0 Å². The van der Waals surface area contributed by atoms with Gasteiger partial charge in [0.15, 0.2) is 5.65 Å². The van der Waals surface area contributed by atoms with Crippen LogP contribution in [0.5, 0.6) is 0 Å². The molecule has 4 heterocycles. The fourth-order valence-corrected chi connectivity index (χ4v) is 4.33. The first-order valence-electron chi connectivity index (χ1n) is 10.0. The normalized spacial score (nSPS) is 21.2. The molecule has 3 aromatic rings. The Balaban J connectivity index is 1.29. The molecular weight excluding hydrogens is 366 g/mol. The molecule has 2 aromatic heterocycles. The highest BCUT2D eigenvalue weighted by Gasteiger charge is 2.46. The van der Waals surface area contributed by atoms with Gasteiger partial charge in [0.2, 0.25) is 0 Å². The molecule has 5 rings (SSSR count). The quantitative estimate of drug-likeness (QED) is 0.668. The van der Waals surface area contributed by atoms with Crippen LogP contribution in [0.2, 0.25) is 0 Å². The molecule has 2 aliphatic heterocycles. The van der Waals surface area contributed by atoms with E-state index in [4.69, 9.17) is 4.74 Å². The summed E-state index contributed by atoms with van der Waals surface area (Å²) in [6.45, 7) is 7.30. The molecule has 7 heteroatoms. The van der Waals surface area contributed by atoms with Gasteiger partial charge in [-0.25, -0.2) is 14.3 Å². The third-order valence-corrected chi connectivity index (χ3v) is 5.65. The van der Waals surface area contributed by atoms with Gasteiger partial charge in [-0.15, -0.1) is 0 Å². The van der Waals surface area contributed by atoms with Crippen LogP contribution >= 0.6 is 0 Å². The first kappa shape index (κ1) is 18.0. The molecule has 2 aliphatic rings. The number of rotatable bonds is 2. The van der Waals surface area contributed by atoms with Crippen LogP contribution in [-0.2, 0) is 4.74 Å². The zero-order valence-electron chi connectivity index (χ0n) is 16.9. The molecule has 2 atom stereocenters. The standard InChI is InChI=1S/C22H25N5O2/c1-22(2,3)29-21(28)26-14-18-10-19(26)13-25(18)17-6-4-15(5-7-17)16-11-23-20-8-9-24-27(20)12-16/h4-9,11-12,18-19H,10,13-14H2,1-3H3. The minimum atomic E-state index is -0.456. The van der Waals surface area contributed by atoms with Gasteiger partial charge in [0.1, 0.15) is 5.60 Å². The lowest BCUT2D eigenvalue weighted by molar-refractivity contribution is 0.0215. The third kappa shape index (κ3) is 3.30. The largest absolute Gasteiger partial charge is 0.444 e. The summed E-state index contributed by atoms with van der Waals surface area (Å²) in [5, 5.41) is 4.26. The number of likely N-dealkylation sites (tertiary alicyclic amines) is 1. The Hall–Kier alpha value is -3.09. The third-order valence-electron chi connectivity index (χ3n) is 5.65. The number of hydrogen-bond donors (Lipinski definition) is 0. The SMILES string of the molecule is CC(C)(C)OC(=O)N1CC2CC1CN2c1ccc(-c2cnc3ccnn3c2)cc1. The molecule has 7 nitrogen and oxygen atoms in total. The zero-order valence-corrected chi connectivity index (χ0v) is 16.9. The summed E-state index contributed by atoms with van der Waals surface area (Å²) in [7, 11) is 0. The van der Waals surface area contributed by atoms with Crippen molar-refractivity contribution in [3.63, 3.8) is 0 Å². The molecule has 0 spiro atoms. The van der Waals surface area contributed by atoms with Crippen LogP contribution in [0.1, 0.15) is 27.2 Å². The number of fused-ring (bicyclic) bond motifs is 3. The van der Waals surface area contributed by atoms with Crippen molar-refractivity contribution in [3.05, 3.63) is 48.9 Å². The van der Waals surface area contributed by atoms with Crippen molar-refractivity contribution in [2.45, 2.75) is 44.9 Å². The Labute approximate surface area is 169 Å². The van der Waals surface area contributed by atoms with Crippen molar-refractivity contribution in [1.82, 2.24) is 19.5 Å². The maximum Gasteiger partial charge on any atom is 0.410 e. The Morgan fingerprint density at radius 3 is 2.55 bits per heavy atom. The second kappa shape index (κ2) is 6.47. The van der Waals surface area contributed by atoms with Crippen LogP contribution in [0.15, 0.2) is 48.9 Å². The van der Waals surface area contributed by atoms with Crippen LogP contribution < -0.4 is 4.90 Å². The predicted molar refractivity (Wildman–Crippen MR) is 111 cm³/mol. The highest BCUT2D eigenvalue weighted by atomic mass is 16.6. The number of carbonyl (C=O) groups excluding carboxylic acids is 1. The number of aromatic nitrogens is 3. The summed E-state index contributed by atoms with van der Waals surface area (Å²) in [6, 6.07) is 11.0. The Morgan fingerprint density at radius 1 is 1.07 bits per heavy atom. The van der Waals surface area contributed by atoms with E-state index in [-0.39, 0.29) is 12.1 Å². The lowest BCUT2D eigenvalue weighted by Crippen LogP contribution is -2.50. The summed E-state index contributed by atoms with van der Waals surface area (Å²) in [4.78, 5) is 21.2. The number of piperazine rings is 1. The highest BCUT2D eigenvalue weighted by Crippen LogP contribution is 2.36. The summed E-state index contributed by atoms with van der Waals surface area (Å²) < 4.78 is 7.35. The van der Waals surface area contributed by atoms with Crippen LogP contribution in [0.25, 0.3) is 16.8 Å². The first-order valence-corrected chi connectivity index (χ1v) is 10.0. The monoisotopic (exact) mass is 391 g/mol. The van der Waals surface area contributed by atoms with E-state index in [1.165, 1.54) is 5.69 Å². The van der Waals surface area contributed by atoms with Gasteiger partial charge < -0.3 is 14.5 Å². The molecule has 2 unspecified atom stereocenters. The summed E-state index contributed by atoms with van der Waals surface area (Å²) in [6.07, 6.45) is 6.43. The van der Waals surface area contributed by atoms with Gasteiger partial charge in [-0.2, -0.15) is 5.10 Å². The minimum absolute atomic E-state index is 0.193. The van der Waals surface area contributed by atoms with Crippen LogP contribution in [-0.4, -0.2) is 56.4 Å². The van der Waals surface area contributed by atoms with Gasteiger partial charge >= 0.3 is 6.09 Å². The molecule has 0 saturated carbocycles. The van der Waals surface area contributed by atoms with E-state index in [1.807, 2.05) is 44.1 Å². The number of benzene rings is 1. The van der Waals surface area contributed by atoms with Gasteiger partial charge in [0.25, 0.3) is 0 Å². The molecular formula is C22H25N5O2. The van der Waals surface area contributed by atoms with Gasteiger partial charge in [-0.05, 0) is 44.9 Å². The number of amides is 1. The van der Waals surface area contributed by atoms with Gasteiger partial charge in [-0.3, -0.25) is 0 Å². The zero-order chi connectivity index (χ0) is 20.2. The summed E-state index contributed by atoms with van der Waals surface area (Å²) in [5.41, 5.74) is 3.72. The lowest BCUT2D eigenvalue weighted by Gasteiger charge is -2.36. The molecule has 0 radical (unpaired) electrons. The lowest BCUT2D eigenvalue weighted by atomic mass is 10.1. The van der Waals surface area contributed by atoms with Crippen LogP contribution in [0.4, 0.5) is 10.5 Å². The van der Waals surface area contributed by atoms with E-state index < -0.39 is 5.60 Å². The average molecular weight is 391 g/mol. The van der Waals surface area contributed by atoms with E-state index in [1.54, 1.807) is 10.7 Å². The Bertz CT molecular complexity index is 1050. The minimum Gasteiger partial charge on any atom is -0.444 e. The fourth-order valence-electron chi connectivity index (χ4n) is 4.33. The fraction of sp³-hybridized carbons (Fsp3) is 0.409. The van der Waals surface area contributed by atoms with E-state index in [9.17, 15) is 4.79 Å². The predicted octanol–water partition coefficient (Wildman–Crippen LogP) is 3.59. The van der Waals surface area contributed by atoms with Crippen molar-refractivity contribution >= 4 is 17.4 Å². The van der Waals surface area contributed by atoms with E-state index in [0.717, 1.165) is 36.3 Å². The average Bonchev–Trinajstić information content (AvgIpc) is 3.41. The van der Waals surface area contributed by atoms with E-state index in [2.05, 4.69) is 39.2 Å². The molecule has 2 saturated heterocycles. The molecule has 1 amide bonds. The van der Waals surface area contributed by atoms with E-state index in [0.29, 0.717) is 6.04 Å². The van der Waals surface area contributed by atoms with Gasteiger partial charge in [0.05, 0.1) is 12.2 Å². The van der Waals surface area contributed by atoms with Crippen LogP contribution in [0.3, 0.4) is 0 Å². The number of hydrogen-bond acceptors (Lipinski definition) is 5. The number of anilines is 1. The topological polar surface area (TPSA) is 63.0 Å². The number of ether oxygens (including phenoxy) is 1. The van der Waals surface area contributed by atoms with Crippen molar-refractivity contribution in [2.75, 3.05) is 18.0 Å². The van der Waals surface area contributed by atoms with Crippen molar-refractivity contribution in [1.29, 1.82) is 0 Å². The molecule has 0 N–H and O–H groups in total. The Kier molecular flexibility index (Phi) is 4.01. The second-order valence-electron chi connectivity index (χ2n) is 8.85. The van der Waals surface area contributed by atoms with Crippen LogP contribution in [0, 0.1) is 0 Å². The molecule has 150 valence electrons. The molecule has 0 aliphatic carbocycles. The second-order valence-corrected chi connectivity index (χ2v) is 8.85. The summed E-state index contributed by atoms with van der Waals surface area (Å²) >= 11 is 0. The summed E-state index contributed by atoms with van der Waals surface area (Å²) in [5.74, 6) is 0. The number of carbonyl (C=O) groups is 1. The van der Waals surface area contributed by atoms with Gasteiger partial charge in [-0.1, -0.05) is 12.1 Å². The maximum absolute atomic E-state index is 12.4. The van der Waals surface area contributed by atoms with Gasteiger partial charge in [0, 0.05) is 48.8 Å². The first-order chi connectivity index (χ1) is 13.9. The maximum atomic E-state index is 12.4. The van der Waals surface area contributed by atoms with Crippen molar-refractivity contribution in [3.8, 4) is 11.1 Å². The van der Waals surface area contributed by atoms with Crippen molar-refractivity contribution < 1.29 is 9.53 Å². The molecule has 2 fully saturated rings. The van der Waals surface area contributed by atoms with Crippen molar-refractivity contribution in [2.24, 2.45) is 0 Å².